The summed E-state index contributed by atoms with van der Waals surface area (Å²) < 4.78 is 5.50. The third-order valence-electron chi connectivity index (χ3n) is 14.8. The van der Waals surface area contributed by atoms with Crippen LogP contribution in [-0.4, -0.2) is 47.4 Å². The van der Waals surface area contributed by atoms with E-state index in [4.69, 9.17) is 4.74 Å². The first-order valence-corrected chi connectivity index (χ1v) is 31.5. The van der Waals surface area contributed by atoms with Crippen LogP contribution in [0.3, 0.4) is 0 Å². The number of aliphatic hydroxyl groups excluding tert-OH is 2. The van der Waals surface area contributed by atoms with Gasteiger partial charge in [-0.05, 0) is 32.1 Å². The van der Waals surface area contributed by atoms with E-state index in [-0.39, 0.29) is 18.5 Å². The van der Waals surface area contributed by atoms with Crippen molar-refractivity contribution in [1.29, 1.82) is 0 Å². The minimum atomic E-state index is -0.839. The second-order valence-electron chi connectivity index (χ2n) is 21.8. The Morgan fingerprint density at radius 1 is 0.391 bits per heavy atom. The number of hydrogen-bond acceptors (Lipinski definition) is 5. The molecule has 6 heteroatoms. The number of amides is 1. The van der Waals surface area contributed by atoms with Gasteiger partial charge in [-0.15, -0.1) is 0 Å². The van der Waals surface area contributed by atoms with Crippen LogP contribution in [0.5, 0.6) is 0 Å². The highest BCUT2D eigenvalue weighted by molar-refractivity contribution is 5.76. The number of allylic oxidation sites excluding steroid dienone is 1. The molecule has 3 N–H and O–H groups in total. The van der Waals surface area contributed by atoms with Crippen LogP contribution in [0.25, 0.3) is 0 Å². The van der Waals surface area contributed by atoms with Gasteiger partial charge in [-0.2, -0.15) is 0 Å². The number of carbonyl (C=O) groups excluding carboxylic acids is 2. The van der Waals surface area contributed by atoms with Crippen LogP contribution in [0.4, 0.5) is 0 Å². The fourth-order valence-corrected chi connectivity index (χ4v) is 9.99. The molecule has 0 rings (SSSR count). The Morgan fingerprint density at radius 3 is 0.986 bits per heavy atom. The third kappa shape index (κ3) is 55.8. The Bertz CT molecular complexity index is 1030. The number of rotatable bonds is 59. The molecule has 0 aliphatic carbocycles. The first-order valence-electron chi connectivity index (χ1n) is 31.5. The lowest BCUT2D eigenvalue weighted by molar-refractivity contribution is -0.143. The number of carbonyl (C=O) groups is 2. The zero-order valence-corrected chi connectivity index (χ0v) is 46.8. The average Bonchev–Trinajstić information content (AvgIpc) is 3.35. The van der Waals surface area contributed by atoms with E-state index in [1.54, 1.807) is 6.08 Å². The highest BCUT2D eigenvalue weighted by atomic mass is 16.5. The maximum atomic E-state index is 12.4. The van der Waals surface area contributed by atoms with Gasteiger partial charge in [0, 0.05) is 12.8 Å². The van der Waals surface area contributed by atoms with Crippen LogP contribution in [-0.2, 0) is 14.3 Å². The first-order chi connectivity index (χ1) is 34.0. The molecule has 2 unspecified atom stereocenters. The summed E-state index contributed by atoms with van der Waals surface area (Å²) in [5.74, 6) is -0.0457. The van der Waals surface area contributed by atoms with E-state index in [1.807, 2.05) is 6.08 Å². The molecule has 0 aliphatic rings. The maximum Gasteiger partial charge on any atom is 0.305 e. The molecule has 2 atom stereocenters. The highest BCUT2D eigenvalue weighted by Crippen LogP contribution is 2.18. The van der Waals surface area contributed by atoms with Gasteiger partial charge in [-0.1, -0.05) is 321 Å². The van der Waals surface area contributed by atoms with Gasteiger partial charge in [0.25, 0.3) is 0 Å². The summed E-state index contributed by atoms with van der Waals surface area (Å²) in [5, 5.41) is 22.9. The smallest absolute Gasteiger partial charge is 0.305 e. The summed E-state index contributed by atoms with van der Waals surface area (Å²) in [6, 6.07) is -0.623. The van der Waals surface area contributed by atoms with E-state index in [0.717, 1.165) is 38.5 Å². The molecule has 69 heavy (non-hydrogen) atoms. The van der Waals surface area contributed by atoms with Crippen LogP contribution in [0.2, 0.25) is 0 Å². The van der Waals surface area contributed by atoms with Crippen LogP contribution >= 0.6 is 0 Å². The predicted molar refractivity (Wildman–Crippen MR) is 301 cm³/mol. The lowest BCUT2D eigenvalue weighted by Gasteiger charge is -2.20. The normalized spacial score (nSPS) is 12.6. The van der Waals surface area contributed by atoms with Gasteiger partial charge in [-0.25, -0.2) is 0 Å². The largest absolute Gasteiger partial charge is 0.466 e. The van der Waals surface area contributed by atoms with Gasteiger partial charge in [0.2, 0.25) is 5.91 Å². The van der Waals surface area contributed by atoms with E-state index >= 15 is 0 Å². The van der Waals surface area contributed by atoms with Crippen molar-refractivity contribution in [3.63, 3.8) is 0 Å². The summed E-state index contributed by atoms with van der Waals surface area (Å²) in [4.78, 5) is 24.5. The molecule has 0 saturated carbocycles. The number of unbranched alkanes of at least 4 members (excludes halogenated alkanes) is 48. The SMILES string of the molecule is CCCCCCCCC/C=C/C(O)C(CO)NC(=O)CCCCCCCCCCCCCCCCCCCCCCCCCCCCOC(=O)CCCCCCCCCCCCCCCCCCC. The minimum Gasteiger partial charge on any atom is -0.466 e. The molecule has 0 spiro atoms. The maximum absolute atomic E-state index is 12.4. The number of esters is 1. The molecule has 6 nitrogen and oxygen atoms in total. The molecule has 0 bridgehead atoms. The molecule has 0 heterocycles. The second kappa shape index (κ2) is 59.2. The molecule has 0 aromatic rings. The summed E-state index contributed by atoms with van der Waals surface area (Å²) in [5.41, 5.74) is 0. The Hall–Kier alpha value is -1.40. The van der Waals surface area contributed by atoms with Gasteiger partial charge in [0.1, 0.15) is 0 Å². The fraction of sp³-hybridized carbons (Fsp3) is 0.937. The first kappa shape index (κ1) is 67.6. The minimum absolute atomic E-state index is 0.0212. The van der Waals surface area contributed by atoms with E-state index in [9.17, 15) is 19.8 Å². The highest BCUT2D eigenvalue weighted by Gasteiger charge is 2.18. The third-order valence-corrected chi connectivity index (χ3v) is 14.8. The summed E-state index contributed by atoms with van der Waals surface area (Å²) in [6.45, 7) is 4.91. The molecule has 0 aromatic heterocycles. The number of ether oxygens (including phenoxy) is 1. The molecular formula is C63H123NO5. The van der Waals surface area contributed by atoms with Crippen LogP contribution in [0.15, 0.2) is 12.2 Å². The van der Waals surface area contributed by atoms with Crippen molar-refractivity contribution in [2.24, 2.45) is 0 Å². The predicted octanol–water partition coefficient (Wildman–Crippen LogP) is 19.6. The number of hydrogen-bond donors (Lipinski definition) is 3. The standard InChI is InChI=1S/C63H123NO5/c1-3-5-7-9-11-13-14-15-16-27-31-34-37-41-45-49-53-57-63(68)69-58-54-50-46-42-38-35-32-29-26-24-22-20-18-17-19-21-23-25-28-30-33-36-40-44-48-52-56-62(67)64-60(59-65)61(66)55-51-47-43-39-12-10-8-6-4-2/h51,55,60-61,65-66H,3-50,52-54,56-59H2,1-2H3,(H,64,67)/b55-51+. The zero-order valence-electron chi connectivity index (χ0n) is 46.8. The van der Waals surface area contributed by atoms with Gasteiger partial charge >= 0.3 is 5.97 Å². The summed E-state index contributed by atoms with van der Waals surface area (Å²) >= 11 is 0. The van der Waals surface area contributed by atoms with E-state index < -0.39 is 12.1 Å². The topological polar surface area (TPSA) is 95.9 Å². The van der Waals surface area contributed by atoms with Crippen molar-refractivity contribution in [2.75, 3.05) is 13.2 Å². The van der Waals surface area contributed by atoms with Crippen molar-refractivity contribution in [2.45, 2.75) is 366 Å². The lowest BCUT2D eigenvalue weighted by atomic mass is 10.0. The van der Waals surface area contributed by atoms with Gasteiger partial charge in [0.05, 0.1) is 25.4 Å². The van der Waals surface area contributed by atoms with E-state index in [2.05, 4.69) is 19.2 Å². The molecule has 0 radical (unpaired) electrons. The Labute approximate surface area is 431 Å². The van der Waals surface area contributed by atoms with Gasteiger partial charge < -0.3 is 20.3 Å². The van der Waals surface area contributed by atoms with E-state index in [1.165, 1.54) is 289 Å². The number of nitrogens with one attached hydrogen (secondary N) is 1. The average molecular weight is 975 g/mol. The fourth-order valence-electron chi connectivity index (χ4n) is 9.99. The zero-order chi connectivity index (χ0) is 50.0. The quantitative estimate of drug-likeness (QED) is 0.0321. The van der Waals surface area contributed by atoms with Crippen molar-refractivity contribution < 1.29 is 24.5 Å². The summed E-state index contributed by atoms with van der Waals surface area (Å²) in [7, 11) is 0. The second-order valence-corrected chi connectivity index (χ2v) is 21.8. The van der Waals surface area contributed by atoms with Crippen LogP contribution in [0.1, 0.15) is 354 Å². The van der Waals surface area contributed by atoms with Gasteiger partial charge in [0.15, 0.2) is 0 Å². The van der Waals surface area contributed by atoms with Crippen molar-refractivity contribution in [3.8, 4) is 0 Å². The molecule has 0 fully saturated rings. The lowest BCUT2D eigenvalue weighted by Crippen LogP contribution is -2.45. The molecule has 1 amide bonds. The Balaban J connectivity index is 3.31. The van der Waals surface area contributed by atoms with Crippen molar-refractivity contribution in [3.05, 3.63) is 12.2 Å². The molecule has 410 valence electrons. The number of aliphatic hydroxyl groups is 2. The Morgan fingerprint density at radius 2 is 0.667 bits per heavy atom. The molecule has 0 aliphatic heterocycles. The van der Waals surface area contributed by atoms with Crippen molar-refractivity contribution >= 4 is 11.9 Å². The van der Waals surface area contributed by atoms with Gasteiger partial charge in [-0.3, -0.25) is 9.59 Å². The molecular weight excluding hydrogens is 851 g/mol. The van der Waals surface area contributed by atoms with Crippen molar-refractivity contribution in [1.82, 2.24) is 5.32 Å². The Kier molecular flexibility index (Phi) is 58.0. The van der Waals surface area contributed by atoms with E-state index in [0.29, 0.717) is 19.4 Å². The molecule has 0 saturated heterocycles. The monoisotopic (exact) mass is 974 g/mol. The van der Waals surface area contributed by atoms with Crippen LogP contribution < -0.4 is 5.32 Å². The van der Waals surface area contributed by atoms with Crippen LogP contribution in [0, 0.1) is 0 Å². The summed E-state index contributed by atoms with van der Waals surface area (Å²) in [6.07, 6.45) is 71.3. The molecule has 0 aromatic carbocycles.